The number of hydrogen-bond acceptors (Lipinski definition) is 9. The number of allylic oxidation sites excluding steroid dienone is 1. The Labute approximate surface area is 228 Å². The van der Waals surface area contributed by atoms with Crippen molar-refractivity contribution in [3.63, 3.8) is 0 Å². The molecule has 0 aromatic carbocycles. The van der Waals surface area contributed by atoms with Crippen molar-refractivity contribution in [3.8, 4) is 0 Å². The largest absolute Gasteiger partial charge is 0.481 e. The average Bonchev–Trinajstić information content (AvgIpc) is 3.50. The topological polar surface area (TPSA) is 112 Å². The fourth-order valence-corrected chi connectivity index (χ4v) is 10.2. The Balaban J connectivity index is 1.39. The standard InChI is InChI=1S/C27H38O8S2/c1-12(2)18-7-15-8-24(10-28)17-6-5-13(3)16(17)9-25(15,26(18,24)23(30)31)11-32-22-19(29)21-20(14(4)33-22)34-27(36,37)35-21/h7,10,12-17,19-22,29,36-37H,5-6,8-9,11H2,1-4H3,(H,30,31)/t13-,14-,15?,16-,17-,19+,20?,21?,22-,24?,25?,26?/m1/s1. The summed E-state index contributed by atoms with van der Waals surface area (Å²) < 4.78 is 22.4. The third-order valence-corrected chi connectivity index (χ3v) is 11.4. The second kappa shape index (κ2) is 8.44. The monoisotopic (exact) mass is 554 g/mol. The van der Waals surface area contributed by atoms with E-state index in [1.807, 2.05) is 20.8 Å². The Morgan fingerprint density at radius 1 is 1.22 bits per heavy atom. The molecule has 6 unspecified atom stereocenters. The molecular weight excluding hydrogens is 516 g/mol. The Hall–Kier alpha value is -0.620. The van der Waals surface area contributed by atoms with Gasteiger partial charge in [0.25, 0.3) is 4.45 Å². The lowest BCUT2D eigenvalue weighted by molar-refractivity contribution is -0.287. The van der Waals surface area contributed by atoms with Crippen molar-refractivity contribution in [3.05, 3.63) is 11.6 Å². The lowest BCUT2D eigenvalue weighted by Crippen LogP contribution is -2.64. The summed E-state index contributed by atoms with van der Waals surface area (Å²) in [4.78, 5) is 26.7. The number of carboxylic acids is 1. The van der Waals surface area contributed by atoms with Gasteiger partial charge >= 0.3 is 5.97 Å². The smallest absolute Gasteiger partial charge is 0.315 e. The van der Waals surface area contributed by atoms with Gasteiger partial charge in [0.15, 0.2) is 6.29 Å². The van der Waals surface area contributed by atoms with Crippen LogP contribution in [0, 0.1) is 45.8 Å². The third-order valence-electron chi connectivity index (χ3n) is 11.0. The minimum absolute atomic E-state index is 0.0179. The van der Waals surface area contributed by atoms with E-state index < -0.39 is 57.4 Å². The first kappa shape index (κ1) is 26.6. The number of thiol groups is 2. The number of hydrogen-bond donors (Lipinski definition) is 4. The van der Waals surface area contributed by atoms with Crippen LogP contribution in [0.25, 0.3) is 0 Å². The van der Waals surface area contributed by atoms with E-state index in [1.165, 1.54) is 0 Å². The van der Waals surface area contributed by atoms with Gasteiger partial charge in [-0.15, -0.1) is 25.3 Å². The van der Waals surface area contributed by atoms with Crippen LogP contribution in [-0.2, 0) is 28.5 Å². The zero-order valence-corrected chi connectivity index (χ0v) is 23.5. The van der Waals surface area contributed by atoms with Crippen molar-refractivity contribution in [2.45, 2.75) is 88.5 Å². The highest BCUT2D eigenvalue weighted by molar-refractivity contribution is 8.00. The minimum atomic E-state index is -1.45. The summed E-state index contributed by atoms with van der Waals surface area (Å²) in [6.07, 6.45) is 2.24. The predicted molar refractivity (Wildman–Crippen MR) is 139 cm³/mol. The van der Waals surface area contributed by atoms with Gasteiger partial charge < -0.3 is 34.0 Å². The number of rotatable bonds is 6. The zero-order chi connectivity index (χ0) is 26.7. The highest BCUT2D eigenvalue weighted by Crippen LogP contribution is 2.82. The first-order valence-corrected chi connectivity index (χ1v) is 14.4. The molecule has 0 amide bonds. The van der Waals surface area contributed by atoms with Crippen LogP contribution in [-0.4, -0.2) is 64.2 Å². The van der Waals surface area contributed by atoms with Crippen molar-refractivity contribution in [2.75, 3.05) is 6.61 Å². The second-order valence-corrected chi connectivity index (χ2v) is 14.2. The normalized spacial score (nSPS) is 53.2. The highest BCUT2D eigenvalue weighted by Gasteiger charge is 2.84. The van der Waals surface area contributed by atoms with E-state index in [4.69, 9.17) is 18.9 Å². The van der Waals surface area contributed by atoms with Gasteiger partial charge in [-0.3, -0.25) is 4.79 Å². The van der Waals surface area contributed by atoms with E-state index in [0.29, 0.717) is 18.8 Å². The molecule has 0 spiro atoms. The Bertz CT molecular complexity index is 1030. The quantitative estimate of drug-likeness (QED) is 0.171. The van der Waals surface area contributed by atoms with Gasteiger partial charge in [-0.2, -0.15) is 0 Å². The van der Waals surface area contributed by atoms with Crippen molar-refractivity contribution < 1.29 is 38.7 Å². The summed E-state index contributed by atoms with van der Waals surface area (Å²) in [6.45, 7) is 8.14. The summed E-state index contributed by atoms with van der Waals surface area (Å²) >= 11 is 8.50. The summed E-state index contributed by atoms with van der Waals surface area (Å²) in [7, 11) is 0. The van der Waals surface area contributed by atoms with Gasteiger partial charge in [0.05, 0.1) is 18.1 Å². The maximum Gasteiger partial charge on any atom is 0.315 e. The van der Waals surface area contributed by atoms with Crippen LogP contribution in [0.15, 0.2) is 11.6 Å². The minimum Gasteiger partial charge on any atom is -0.481 e. The van der Waals surface area contributed by atoms with E-state index in [9.17, 15) is 19.8 Å². The Morgan fingerprint density at radius 2 is 1.92 bits per heavy atom. The first-order chi connectivity index (χ1) is 17.3. The van der Waals surface area contributed by atoms with Crippen molar-refractivity contribution in [1.82, 2.24) is 0 Å². The van der Waals surface area contributed by atoms with Crippen molar-refractivity contribution in [2.24, 2.45) is 45.8 Å². The number of aldehydes is 1. The molecule has 2 heterocycles. The van der Waals surface area contributed by atoms with Crippen LogP contribution in [0.5, 0.6) is 0 Å². The molecule has 0 aromatic heterocycles. The molecule has 12 atom stereocenters. The number of aliphatic hydroxyl groups is 1. The van der Waals surface area contributed by atoms with E-state index in [0.717, 1.165) is 24.7 Å². The fraction of sp³-hybridized carbons (Fsp3) is 0.852. The fourth-order valence-electron chi connectivity index (χ4n) is 9.67. The Morgan fingerprint density at radius 3 is 2.57 bits per heavy atom. The molecule has 37 heavy (non-hydrogen) atoms. The number of aliphatic hydroxyl groups excluding tert-OH is 1. The van der Waals surface area contributed by atoms with Crippen LogP contribution in [0.1, 0.15) is 53.4 Å². The number of fused-ring (bicyclic) bond motifs is 3. The molecule has 8 nitrogen and oxygen atoms in total. The molecule has 6 aliphatic rings. The highest BCUT2D eigenvalue weighted by atomic mass is 32.2. The number of ether oxygens (including phenoxy) is 4. The molecule has 5 fully saturated rings. The van der Waals surface area contributed by atoms with Crippen molar-refractivity contribution >= 4 is 37.5 Å². The van der Waals surface area contributed by atoms with Crippen LogP contribution < -0.4 is 0 Å². The average molecular weight is 555 g/mol. The van der Waals surface area contributed by atoms with Crippen molar-refractivity contribution in [1.29, 1.82) is 0 Å². The van der Waals surface area contributed by atoms with E-state index in [2.05, 4.69) is 38.3 Å². The zero-order valence-electron chi connectivity index (χ0n) is 21.7. The van der Waals surface area contributed by atoms with Gasteiger partial charge in [0.1, 0.15) is 30.0 Å². The lowest BCUT2D eigenvalue weighted by atomic mass is 9.43. The van der Waals surface area contributed by atoms with Crippen LogP contribution in [0.3, 0.4) is 0 Å². The third kappa shape index (κ3) is 3.18. The summed E-state index contributed by atoms with van der Waals surface area (Å²) in [5, 5.41) is 22.2. The van der Waals surface area contributed by atoms with Crippen LogP contribution in [0.4, 0.5) is 0 Å². The van der Waals surface area contributed by atoms with Gasteiger partial charge in [-0.05, 0) is 55.8 Å². The molecule has 10 heteroatoms. The number of carbonyl (C=O) groups excluding carboxylic acids is 1. The second-order valence-electron chi connectivity index (χ2n) is 12.7. The summed E-state index contributed by atoms with van der Waals surface area (Å²) in [5.74, 6) is -0.319. The molecule has 2 N–H and O–H groups in total. The molecule has 2 aliphatic heterocycles. The molecule has 2 saturated heterocycles. The van der Waals surface area contributed by atoms with Gasteiger partial charge in [-0.1, -0.05) is 38.8 Å². The maximum absolute atomic E-state index is 13.5. The first-order valence-electron chi connectivity index (χ1n) is 13.5. The number of aliphatic carboxylic acids is 1. The van der Waals surface area contributed by atoms with Gasteiger partial charge in [0, 0.05) is 5.41 Å². The van der Waals surface area contributed by atoms with E-state index >= 15 is 0 Å². The molecule has 3 saturated carbocycles. The molecular formula is C27H38O8S2. The van der Waals surface area contributed by atoms with E-state index in [1.54, 1.807) is 0 Å². The molecule has 4 aliphatic carbocycles. The SMILES string of the molecule is CC(C)C1=CC2CC3(C=O)[C@@H]4CC[C@@H](C)[C@H]4CC2(CO[C@@H]2O[C@H](C)C4OC(S)(S)OC4[C@@H]2O)C13C(=O)O. The van der Waals surface area contributed by atoms with E-state index in [-0.39, 0.29) is 30.3 Å². The predicted octanol–water partition coefficient (Wildman–Crippen LogP) is 3.29. The Kier molecular flexibility index (Phi) is 6.07. The molecule has 6 rings (SSSR count). The molecule has 206 valence electrons. The summed E-state index contributed by atoms with van der Waals surface area (Å²) in [6, 6.07) is 0. The lowest BCUT2D eigenvalue weighted by Gasteiger charge is -2.58. The molecule has 4 bridgehead atoms. The molecule has 0 aromatic rings. The maximum atomic E-state index is 13.5. The summed E-state index contributed by atoms with van der Waals surface area (Å²) in [5.41, 5.74) is -2.24. The van der Waals surface area contributed by atoms with Crippen LogP contribution in [0.2, 0.25) is 0 Å². The van der Waals surface area contributed by atoms with Gasteiger partial charge in [0.2, 0.25) is 0 Å². The number of carboxylic acid groups (broad SMARTS) is 1. The van der Waals surface area contributed by atoms with Crippen LogP contribution >= 0.6 is 25.3 Å². The molecule has 0 radical (unpaired) electrons. The number of carbonyl (C=O) groups is 2. The van der Waals surface area contributed by atoms with Gasteiger partial charge in [-0.25, -0.2) is 0 Å².